The lowest BCUT2D eigenvalue weighted by atomic mass is 10.1. The van der Waals surface area contributed by atoms with Gasteiger partial charge in [-0.25, -0.2) is 4.79 Å². The molecule has 27 heavy (non-hydrogen) atoms. The van der Waals surface area contributed by atoms with Gasteiger partial charge in [0.1, 0.15) is 6.04 Å². The minimum Gasteiger partial charge on any atom is -0.454 e. The highest BCUT2D eigenvalue weighted by molar-refractivity contribution is 5.97. The fourth-order valence-corrected chi connectivity index (χ4v) is 2.55. The lowest BCUT2D eigenvalue weighted by molar-refractivity contribution is -0.123. The van der Waals surface area contributed by atoms with Gasteiger partial charge < -0.3 is 20.5 Å². The van der Waals surface area contributed by atoms with E-state index in [0.717, 1.165) is 5.56 Å². The summed E-state index contributed by atoms with van der Waals surface area (Å²) in [7, 11) is 0. The normalized spacial score (nSPS) is 12.7. The van der Waals surface area contributed by atoms with Gasteiger partial charge in [0, 0.05) is 12.0 Å². The fourth-order valence-electron chi connectivity index (χ4n) is 2.55. The summed E-state index contributed by atoms with van der Waals surface area (Å²) in [5.74, 6) is -0.151. The minimum absolute atomic E-state index is 0.0943. The Morgan fingerprint density at radius 2 is 1.74 bits per heavy atom. The van der Waals surface area contributed by atoms with Crippen LogP contribution in [0.2, 0.25) is 0 Å². The number of nitrogens with two attached hydrogens (primary N) is 1. The van der Waals surface area contributed by atoms with Crippen LogP contribution in [0.1, 0.15) is 15.9 Å². The van der Waals surface area contributed by atoms with Gasteiger partial charge in [-0.2, -0.15) is 0 Å². The molecule has 0 fully saturated rings. The summed E-state index contributed by atoms with van der Waals surface area (Å²) in [5, 5.41) is 2.36. The third-order valence-corrected chi connectivity index (χ3v) is 3.85. The molecule has 0 bridgehead atoms. The molecule has 0 saturated carbocycles. The molecule has 2 aromatic rings. The van der Waals surface area contributed by atoms with Gasteiger partial charge in [-0.15, -0.1) is 0 Å². The summed E-state index contributed by atoms with van der Waals surface area (Å²) in [5.41, 5.74) is 10.8. The van der Waals surface area contributed by atoms with Crippen LogP contribution in [0.15, 0.2) is 48.5 Å². The maximum atomic E-state index is 12.4. The number of nitrogens with one attached hydrogen (secondary N) is 3. The van der Waals surface area contributed by atoms with Gasteiger partial charge in [0.05, 0.1) is 0 Å². The molecule has 0 aromatic heterocycles. The number of ether oxygens (including phenoxy) is 2. The van der Waals surface area contributed by atoms with E-state index in [0.29, 0.717) is 11.5 Å². The maximum Gasteiger partial charge on any atom is 0.312 e. The topological polar surface area (TPSA) is 132 Å². The molecule has 140 valence electrons. The van der Waals surface area contributed by atoms with Crippen LogP contribution in [0.25, 0.3) is 0 Å². The molecule has 0 spiro atoms. The van der Waals surface area contributed by atoms with Crippen molar-refractivity contribution < 1.29 is 23.9 Å². The zero-order valence-corrected chi connectivity index (χ0v) is 14.2. The van der Waals surface area contributed by atoms with Crippen LogP contribution in [0.3, 0.4) is 0 Å². The second-order valence-corrected chi connectivity index (χ2v) is 5.76. The molecule has 9 nitrogen and oxygen atoms in total. The Hall–Kier alpha value is -3.75. The van der Waals surface area contributed by atoms with Crippen LogP contribution in [0, 0.1) is 0 Å². The Bertz CT molecular complexity index is 856. The lowest BCUT2D eigenvalue weighted by Crippen LogP contribution is -2.54. The average Bonchev–Trinajstić information content (AvgIpc) is 3.13. The molecule has 0 radical (unpaired) electrons. The van der Waals surface area contributed by atoms with Gasteiger partial charge in [-0.1, -0.05) is 30.3 Å². The minimum atomic E-state index is -0.943. The highest BCUT2D eigenvalue weighted by Gasteiger charge is 2.22. The first kappa shape index (κ1) is 18.1. The van der Waals surface area contributed by atoms with Crippen molar-refractivity contribution >= 4 is 17.8 Å². The molecule has 0 saturated heterocycles. The molecule has 1 aliphatic rings. The van der Waals surface area contributed by atoms with E-state index in [1.807, 2.05) is 30.3 Å². The first-order valence-corrected chi connectivity index (χ1v) is 8.12. The third-order valence-electron chi connectivity index (χ3n) is 3.85. The molecule has 1 aliphatic heterocycles. The Labute approximate surface area is 154 Å². The number of hydrazine groups is 1. The SMILES string of the molecule is NC(=O)N[C@H](Cc1ccccc1)C(=O)NNC(=O)c1ccc2c(c1)OCO2. The van der Waals surface area contributed by atoms with Crippen molar-refractivity contribution in [3.8, 4) is 11.5 Å². The zero-order valence-electron chi connectivity index (χ0n) is 14.2. The second kappa shape index (κ2) is 8.09. The number of benzene rings is 2. The molecule has 0 aliphatic carbocycles. The summed E-state index contributed by atoms with van der Waals surface area (Å²) in [6, 6.07) is 12.0. The standard InChI is InChI=1S/C18H18N4O5/c19-18(25)20-13(8-11-4-2-1-3-5-11)17(24)22-21-16(23)12-6-7-14-15(9-12)27-10-26-14/h1-7,9,13H,8,10H2,(H,21,23)(H,22,24)(H3,19,20,25)/t13-/m1/s1. The van der Waals surface area contributed by atoms with E-state index in [2.05, 4.69) is 16.2 Å². The number of urea groups is 1. The third kappa shape index (κ3) is 4.66. The fraction of sp³-hybridized carbons (Fsp3) is 0.167. The number of fused-ring (bicyclic) bond motifs is 1. The predicted octanol–water partition coefficient (Wildman–Crippen LogP) is 0.456. The lowest BCUT2D eigenvalue weighted by Gasteiger charge is -2.17. The van der Waals surface area contributed by atoms with Gasteiger partial charge in [0.15, 0.2) is 11.5 Å². The van der Waals surface area contributed by atoms with E-state index < -0.39 is 23.9 Å². The Balaban J connectivity index is 1.61. The van der Waals surface area contributed by atoms with Gasteiger partial charge in [-0.3, -0.25) is 20.4 Å². The molecule has 2 aromatic carbocycles. The summed E-state index contributed by atoms with van der Waals surface area (Å²) >= 11 is 0. The van der Waals surface area contributed by atoms with Crippen molar-refractivity contribution in [2.24, 2.45) is 5.73 Å². The van der Waals surface area contributed by atoms with Crippen LogP contribution in [0.4, 0.5) is 4.79 Å². The summed E-state index contributed by atoms with van der Waals surface area (Å²) in [6.07, 6.45) is 0.218. The predicted molar refractivity (Wildman–Crippen MR) is 94.8 cm³/mol. The number of rotatable bonds is 5. The van der Waals surface area contributed by atoms with Crippen LogP contribution in [-0.4, -0.2) is 30.7 Å². The Kier molecular flexibility index (Phi) is 5.41. The maximum absolute atomic E-state index is 12.4. The summed E-state index contributed by atoms with van der Waals surface area (Å²) in [4.78, 5) is 35.8. The molecule has 1 atom stereocenters. The van der Waals surface area contributed by atoms with Gasteiger partial charge in [0.25, 0.3) is 11.8 Å². The molecule has 0 unspecified atom stereocenters. The van der Waals surface area contributed by atoms with Crippen molar-refractivity contribution in [2.75, 3.05) is 6.79 Å². The first-order chi connectivity index (χ1) is 13.0. The number of carbonyl (C=O) groups is 3. The second-order valence-electron chi connectivity index (χ2n) is 5.76. The van der Waals surface area contributed by atoms with E-state index in [4.69, 9.17) is 15.2 Å². The van der Waals surface area contributed by atoms with Crippen molar-refractivity contribution in [3.05, 3.63) is 59.7 Å². The number of amides is 4. The average molecular weight is 370 g/mol. The Morgan fingerprint density at radius 3 is 2.48 bits per heavy atom. The van der Waals surface area contributed by atoms with Gasteiger partial charge in [-0.05, 0) is 23.8 Å². The van der Waals surface area contributed by atoms with Gasteiger partial charge >= 0.3 is 6.03 Å². The van der Waals surface area contributed by atoms with E-state index in [9.17, 15) is 14.4 Å². The van der Waals surface area contributed by atoms with Crippen molar-refractivity contribution in [3.63, 3.8) is 0 Å². The molecular formula is C18H18N4O5. The number of primary amides is 1. The number of hydrogen-bond acceptors (Lipinski definition) is 5. The summed E-state index contributed by atoms with van der Waals surface area (Å²) in [6.45, 7) is 0.0943. The summed E-state index contributed by atoms with van der Waals surface area (Å²) < 4.78 is 10.4. The van der Waals surface area contributed by atoms with Crippen LogP contribution < -0.4 is 31.4 Å². The first-order valence-electron chi connectivity index (χ1n) is 8.12. The van der Waals surface area contributed by atoms with Gasteiger partial charge in [0.2, 0.25) is 6.79 Å². The van der Waals surface area contributed by atoms with E-state index in [-0.39, 0.29) is 18.8 Å². The Morgan fingerprint density at radius 1 is 1.00 bits per heavy atom. The molecule has 9 heteroatoms. The molecule has 3 rings (SSSR count). The van der Waals surface area contributed by atoms with Crippen LogP contribution in [-0.2, 0) is 11.2 Å². The largest absolute Gasteiger partial charge is 0.454 e. The van der Waals surface area contributed by atoms with Crippen molar-refractivity contribution in [1.29, 1.82) is 0 Å². The van der Waals surface area contributed by atoms with Crippen LogP contribution >= 0.6 is 0 Å². The quantitative estimate of drug-likeness (QED) is 0.568. The molecule has 1 heterocycles. The van der Waals surface area contributed by atoms with E-state index in [1.165, 1.54) is 12.1 Å². The number of carbonyl (C=O) groups excluding carboxylic acids is 3. The highest BCUT2D eigenvalue weighted by atomic mass is 16.7. The highest BCUT2D eigenvalue weighted by Crippen LogP contribution is 2.32. The number of hydrogen-bond donors (Lipinski definition) is 4. The van der Waals surface area contributed by atoms with Crippen LogP contribution in [0.5, 0.6) is 11.5 Å². The molecular weight excluding hydrogens is 352 g/mol. The monoisotopic (exact) mass is 370 g/mol. The van der Waals surface area contributed by atoms with E-state index in [1.54, 1.807) is 6.07 Å². The van der Waals surface area contributed by atoms with Crippen molar-refractivity contribution in [1.82, 2.24) is 16.2 Å². The smallest absolute Gasteiger partial charge is 0.312 e. The molecule has 5 N–H and O–H groups in total. The molecule has 4 amide bonds. The zero-order chi connectivity index (χ0) is 19.2. The van der Waals surface area contributed by atoms with Crippen molar-refractivity contribution in [2.45, 2.75) is 12.5 Å². The van der Waals surface area contributed by atoms with E-state index >= 15 is 0 Å².